The summed E-state index contributed by atoms with van der Waals surface area (Å²) < 4.78 is 48.1. The molecule has 0 aliphatic heterocycles. The number of esters is 2. The first kappa shape index (κ1) is 39.7. The van der Waals surface area contributed by atoms with Crippen LogP contribution < -0.4 is 0 Å². The van der Waals surface area contributed by atoms with Crippen molar-refractivity contribution in [3.05, 3.63) is 0 Å². The molecular formula is C30H58O11. The van der Waals surface area contributed by atoms with Gasteiger partial charge >= 0.3 is 11.9 Å². The minimum atomic E-state index is -0.509. The molecule has 0 aliphatic carbocycles. The summed E-state index contributed by atoms with van der Waals surface area (Å²) in [4.78, 5) is 23.2. The highest BCUT2D eigenvalue weighted by atomic mass is 16.6. The van der Waals surface area contributed by atoms with Gasteiger partial charge in [0.05, 0.1) is 85.9 Å². The highest BCUT2D eigenvalue weighted by Gasteiger charge is 2.15. The lowest BCUT2D eigenvalue weighted by atomic mass is 10.1. The lowest BCUT2D eigenvalue weighted by Gasteiger charge is -2.19. The van der Waals surface area contributed by atoms with Crippen LogP contribution in [0.4, 0.5) is 0 Å². The van der Waals surface area contributed by atoms with Gasteiger partial charge in [-0.05, 0) is 27.2 Å². The lowest BCUT2D eigenvalue weighted by Crippen LogP contribution is -2.27. The second kappa shape index (κ2) is 30.1. The molecule has 41 heavy (non-hydrogen) atoms. The van der Waals surface area contributed by atoms with Gasteiger partial charge in [-0.3, -0.25) is 4.79 Å². The van der Waals surface area contributed by atoms with Crippen molar-refractivity contribution in [1.82, 2.24) is 0 Å². The van der Waals surface area contributed by atoms with E-state index in [1.54, 1.807) is 0 Å². The molecule has 0 bridgehead atoms. The average molecular weight is 595 g/mol. The highest BCUT2D eigenvalue weighted by Crippen LogP contribution is 2.09. The Kier molecular flexibility index (Phi) is 29.1. The summed E-state index contributed by atoms with van der Waals surface area (Å²) in [5.41, 5.74) is -0.509. The second-order valence-corrected chi connectivity index (χ2v) is 10.4. The molecule has 0 aliphatic rings. The van der Waals surface area contributed by atoms with Gasteiger partial charge in [0.1, 0.15) is 18.8 Å². The summed E-state index contributed by atoms with van der Waals surface area (Å²) in [6, 6.07) is 0. The van der Waals surface area contributed by atoms with Crippen LogP contribution in [0.2, 0.25) is 0 Å². The van der Waals surface area contributed by atoms with Crippen LogP contribution in [0.1, 0.15) is 79.1 Å². The molecule has 0 heterocycles. The lowest BCUT2D eigenvalue weighted by molar-refractivity contribution is -0.160. The van der Waals surface area contributed by atoms with E-state index in [0.29, 0.717) is 92.3 Å². The fraction of sp³-hybridized carbons (Fsp3) is 0.933. The molecule has 0 aromatic carbocycles. The van der Waals surface area contributed by atoms with E-state index in [-0.39, 0.29) is 25.2 Å². The molecule has 11 heteroatoms. The summed E-state index contributed by atoms with van der Waals surface area (Å²) in [7, 11) is 0. The molecule has 0 unspecified atom stereocenters. The van der Waals surface area contributed by atoms with E-state index < -0.39 is 5.60 Å². The summed E-state index contributed by atoms with van der Waals surface area (Å²) in [6.45, 7) is 13.6. The van der Waals surface area contributed by atoms with Crippen LogP contribution >= 0.6 is 0 Å². The normalized spacial score (nSPS) is 11.6. The highest BCUT2D eigenvalue weighted by molar-refractivity contribution is 5.71. The van der Waals surface area contributed by atoms with Gasteiger partial charge in [-0.15, -0.1) is 0 Å². The Bertz CT molecular complexity index is 581. The van der Waals surface area contributed by atoms with Crippen LogP contribution in [0.15, 0.2) is 0 Å². The molecule has 0 saturated heterocycles. The summed E-state index contributed by atoms with van der Waals surface area (Å²) >= 11 is 0. The maximum atomic E-state index is 11.7. The van der Waals surface area contributed by atoms with E-state index in [0.717, 1.165) is 12.8 Å². The quantitative estimate of drug-likeness (QED) is 0.0852. The number of carbonyl (C=O) groups is 2. The van der Waals surface area contributed by atoms with Gasteiger partial charge in [0.25, 0.3) is 0 Å². The van der Waals surface area contributed by atoms with Crippen molar-refractivity contribution in [3.8, 4) is 0 Å². The second-order valence-electron chi connectivity index (χ2n) is 10.4. The Morgan fingerprint density at radius 2 is 0.829 bits per heavy atom. The zero-order valence-electron chi connectivity index (χ0n) is 26.3. The maximum absolute atomic E-state index is 11.7. The Morgan fingerprint density at radius 3 is 1.24 bits per heavy atom. The SMILES string of the molecule is CCCCCCCCCC(=O)OCCOCCOCCOCCOCCOCCOCCOCC(=O)OC(C)(C)C. The third kappa shape index (κ3) is 34.8. The van der Waals surface area contributed by atoms with Crippen molar-refractivity contribution in [2.24, 2.45) is 0 Å². The standard InChI is InChI=1S/C30H58O11/c1-5-6-7-8-9-10-11-12-28(31)40-26-25-38-22-21-36-18-17-34-14-13-33-15-16-35-19-20-37-23-24-39-27-29(32)41-30(2,3)4/h5-27H2,1-4H3. The van der Waals surface area contributed by atoms with Gasteiger partial charge in [-0.1, -0.05) is 45.4 Å². The Morgan fingerprint density at radius 1 is 0.463 bits per heavy atom. The van der Waals surface area contributed by atoms with Crippen molar-refractivity contribution in [2.45, 2.75) is 84.7 Å². The molecule has 0 amide bonds. The Hall–Kier alpha value is -1.34. The van der Waals surface area contributed by atoms with Gasteiger partial charge in [0.2, 0.25) is 0 Å². The third-order valence-electron chi connectivity index (χ3n) is 5.35. The molecule has 244 valence electrons. The molecule has 0 aromatic heterocycles. The smallest absolute Gasteiger partial charge is 0.332 e. The zero-order chi connectivity index (χ0) is 30.3. The number of rotatable bonds is 31. The minimum absolute atomic E-state index is 0.0826. The van der Waals surface area contributed by atoms with E-state index in [9.17, 15) is 9.59 Å². The van der Waals surface area contributed by atoms with Gasteiger partial charge in [0.15, 0.2) is 0 Å². The van der Waals surface area contributed by atoms with E-state index in [1.807, 2.05) is 20.8 Å². The number of hydrogen-bond donors (Lipinski definition) is 0. The molecular weight excluding hydrogens is 536 g/mol. The van der Waals surface area contributed by atoms with Crippen LogP contribution in [0.3, 0.4) is 0 Å². The number of carbonyl (C=O) groups excluding carboxylic acids is 2. The van der Waals surface area contributed by atoms with Crippen molar-refractivity contribution < 1.29 is 52.2 Å². The number of hydrogen-bond acceptors (Lipinski definition) is 11. The first-order valence-corrected chi connectivity index (χ1v) is 15.3. The molecule has 0 aromatic rings. The predicted molar refractivity (Wildman–Crippen MR) is 155 cm³/mol. The predicted octanol–water partition coefficient (Wildman–Crippen LogP) is 4.13. The average Bonchev–Trinajstić information content (AvgIpc) is 2.92. The van der Waals surface area contributed by atoms with Crippen LogP contribution in [0.25, 0.3) is 0 Å². The van der Waals surface area contributed by atoms with E-state index in [4.69, 9.17) is 42.6 Å². The molecule has 0 fully saturated rings. The number of unbranched alkanes of at least 4 members (excludes halogenated alkanes) is 6. The third-order valence-corrected chi connectivity index (χ3v) is 5.35. The molecule has 0 radical (unpaired) electrons. The Labute approximate surface area is 248 Å². The molecule has 0 atom stereocenters. The fourth-order valence-corrected chi connectivity index (χ4v) is 3.36. The van der Waals surface area contributed by atoms with Crippen LogP contribution in [-0.2, 0) is 52.2 Å². The van der Waals surface area contributed by atoms with Crippen LogP contribution in [0, 0.1) is 0 Å². The van der Waals surface area contributed by atoms with Gasteiger partial charge < -0.3 is 42.6 Å². The van der Waals surface area contributed by atoms with Crippen LogP contribution in [-0.4, -0.2) is 117 Å². The summed E-state index contributed by atoms with van der Waals surface area (Å²) in [5, 5.41) is 0. The van der Waals surface area contributed by atoms with E-state index in [1.165, 1.54) is 32.1 Å². The maximum Gasteiger partial charge on any atom is 0.332 e. The first-order valence-electron chi connectivity index (χ1n) is 15.3. The zero-order valence-corrected chi connectivity index (χ0v) is 26.3. The van der Waals surface area contributed by atoms with Gasteiger partial charge in [-0.2, -0.15) is 0 Å². The van der Waals surface area contributed by atoms with Crippen molar-refractivity contribution in [1.29, 1.82) is 0 Å². The monoisotopic (exact) mass is 594 g/mol. The molecule has 0 rings (SSSR count). The summed E-state index contributed by atoms with van der Waals surface area (Å²) in [5.74, 6) is -0.531. The first-order chi connectivity index (χ1) is 19.8. The molecule has 0 spiro atoms. The molecule has 0 saturated carbocycles. The Balaban J connectivity index is 3.17. The molecule has 0 N–H and O–H groups in total. The summed E-state index contributed by atoms with van der Waals surface area (Å²) in [6.07, 6.45) is 8.78. The largest absolute Gasteiger partial charge is 0.463 e. The van der Waals surface area contributed by atoms with Crippen LogP contribution in [0.5, 0.6) is 0 Å². The van der Waals surface area contributed by atoms with Crippen molar-refractivity contribution in [3.63, 3.8) is 0 Å². The number of ether oxygens (including phenoxy) is 9. The van der Waals surface area contributed by atoms with Crippen molar-refractivity contribution in [2.75, 3.05) is 99.1 Å². The van der Waals surface area contributed by atoms with Gasteiger partial charge in [-0.25, -0.2) is 4.79 Å². The van der Waals surface area contributed by atoms with E-state index >= 15 is 0 Å². The van der Waals surface area contributed by atoms with Crippen molar-refractivity contribution >= 4 is 11.9 Å². The molecule has 11 nitrogen and oxygen atoms in total. The van der Waals surface area contributed by atoms with E-state index in [2.05, 4.69) is 6.92 Å². The topological polar surface area (TPSA) is 117 Å². The minimum Gasteiger partial charge on any atom is -0.463 e. The van der Waals surface area contributed by atoms with Gasteiger partial charge in [0, 0.05) is 6.42 Å². The fourth-order valence-electron chi connectivity index (χ4n) is 3.36.